The SMILES string of the molecule is C[C@H](Nc1nnc([C@H]2C[C@@H]2c2ccccc2F)o1)C(=O)N1CCC2(CC1)CC2. The third-order valence-corrected chi connectivity index (χ3v) is 6.66. The number of hydrogen-bond donors (Lipinski definition) is 1. The van der Waals surface area contributed by atoms with Crippen molar-refractivity contribution in [1.29, 1.82) is 0 Å². The van der Waals surface area contributed by atoms with Gasteiger partial charge in [-0.15, -0.1) is 5.10 Å². The van der Waals surface area contributed by atoms with E-state index in [1.165, 1.54) is 18.9 Å². The number of likely N-dealkylation sites (tertiary alicyclic amines) is 1. The van der Waals surface area contributed by atoms with Crippen LogP contribution in [0, 0.1) is 11.2 Å². The molecule has 7 heteroatoms. The van der Waals surface area contributed by atoms with Crippen LogP contribution in [0.25, 0.3) is 0 Å². The summed E-state index contributed by atoms with van der Waals surface area (Å²) in [5.74, 6) is 0.510. The van der Waals surface area contributed by atoms with Gasteiger partial charge in [-0.05, 0) is 62.0 Å². The first-order valence-electron chi connectivity index (χ1n) is 10.2. The highest BCUT2D eigenvalue weighted by molar-refractivity contribution is 5.83. The van der Waals surface area contributed by atoms with Crippen LogP contribution in [-0.2, 0) is 4.79 Å². The van der Waals surface area contributed by atoms with Gasteiger partial charge < -0.3 is 14.6 Å². The number of piperidine rings is 1. The third kappa shape index (κ3) is 3.27. The molecular formula is C21H25FN4O2. The van der Waals surface area contributed by atoms with Crippen LogP contribution in [-0.4, -0.2) is 40.1 Å². The summed E-state index contributed by atoms with van der Waals surface area (Å²) in [5, 5.41) is 11.2. The Hall–Kier alpha value is -2.44. The lowest BCUT2D eigenvalue weighted by atomic mass is 9.93. The van der Waals surface area contributed by atoms with E-state index in [1.54, 1.807) is 12.1 Å². The Morgan fingerprint density at radius 2 is 1.96 bits per heavy atom. The van der Waals surface area contributed by atoms with Gasteiger partial charge in [0.1, 0.15) is 11.9 Å². The second-order valence-corrected chi connectivity index (χ2v) is 8.61. The molecule has 2 aliphatic carbocycles. The van der Waals surface area contributed by atoms with E-state index in [1.807, 2.05) is 17.9 Å². The fourth-order valence-corrected chi connectivity index (χ4v) is 4.43. The number of carbonyl (C=O) groups is 1. The van der Waals surface area contributed by atoms with E-state index in [2.05, 4.69) is 15.5 Å². The molecule has 2 heterocycles. The topological polar surface area (TPSA) is 71.3 Å². The van der Waals surface area contributed by atoms with E-state index in [-0.39, 0.29) is 29.6 Å². The van der Waals surface area contributed by atoms with Gasteiger partial charge in [0, 0.05) is 19.0 Å². The number of amides is 1. The fraction of sp³-hybridized carbons (Fsp3) is 0.571. The number of rotatable bonds is 5. The number of benzene rings is 1. The van der Waals surface area contributed by atoms with Crippen molar-refractivity contribution in [3.63, 3.8) is 0 Å². The highest BCUT2D eigenvalue weighted by Gasteiger charge is 2.46. The largest absolute Gasteiger partial charge is 0.408 e. The van der Waals surface area contributed by atoms with Crippen molar-refractivity contribution in [3.05, 3.63) is 41.5 Å². The predicted octanol–water partition coefficient (Wildman–Crippen LogP) is 3.68. The van der Waals surface area contributed by atoms with Crippen molar-refractivity contribution < 1.29 is 13.6 Å². The first-order chi connectivity index (χ1) is 13.5. The number of nitrogens with one attached hydrogen (secondary N) is 1. The number of aromatic nitrogens is 2. The Bertz CT molecular complexity index is 884. The molecule has 1 spiro atoms. The molecule has 6 nitrogen and oxygen atoms in total. The van der Waals surface area contributed by atoms with Crippen molar-refractivity contribution >= 4 is 11.9 Å². The molecular weight excluding hydrogens is 359 g/mol. The molecule has 28 heavy (non-hydrogen) atoms. The van der Waals surface area contributed by atoms with Crippen LogP contribution in [0.5, 0.6) is 0 Å². The monoisotopic (exact) mass is 384 g/mol. The van der Waals surface area contributed by atoms with Gasteiger partial charge in [0.2, 0.25) is 11.8 Å². The van der Waals surface area contributed by atoms with Gasteiger partial charge >= 0.3 is 6.01 Å². The Morgan fingerprint density at radius 3 is 2.68 bits per heavy atom. The van der Waals surface area contributed by atoms with E-state index in [0.29, 0.717) is 16.9 Å². The van der Waals surface area contributed by atoms with Crippen molar-refractivity contribution in [2.24, 2.45) is 5.41 Å². The summed E-state index contributed by atoms with van der Waals surface area (Å²) in [6.07, 6.45) is 5.68. The predicted molar refractivity (Wildman–Crippen MR) is 101 cm³/mol. The smallest absolute Gasteiger partial charge is 0.316 e. The third-order valence-electron chi connectivity index (χ3n) is 6.66. The van der Waals surface area contributed by atoms with Crippen LogP contribution in [0.15, 0.2) is 28.7 Å². The van der Waals surface area contributed by atoms with Gasteiger partial charge in [-0.2, -0.15) is 0 Å². The van der Waals surface area contributed by atoms with E-state index in [9.17, 15) is 9.18 Å². The zero-order chi connectivity index (χ0) is 19.3. The number of carbonyl (C=O) groups excluding carboxylic acids is 1. The summed E-state index contributed by atoms with van der Waals surface area (Å²) < 4.78 is 19.7. The zero-order valence-electron chi connectivity index (χ0n) is 16.0. The summed E-state index contributed by atoms with van der Waals surface area (Å²) in [7, 11) is 0. The molecule has 1 saturated heterocycles. The van der Waals surface area contributed by atoms with Crippen LogP contribution < -0.4 is 5.32 Å². The molecule has 5 rings (SSSR count). The quantitative estimate of drug-likeness (QED) is 0.851. The van der Waals surface area contributed by atoms with Crippen LogP contribution >= 0.6 is 0 Å². The van der Waals surface area contributed by atoms with Gasteiger partial charge in [0.15, 0.2) is 0 Å². The summed E-state index contributed by atoms with van der Waals surface area (Å²) in [5.41, 5.74) is 1.25. The van der Waals surface area contributed by atoms with Gasteiger partial charge in [-0.25, -0.2) is 4.39 Å². The molecule has 1 aliphatic heterocycles. The maximum atomic E-state index is 13.9. The number of anilines is 1. The fourth-order valence-electron chi connectivity index (χ4n) is 4.43. The maximum Gasteiger partial charge on any atom is 0.316 e. The van der Waals surface area contributed by atoms with Crippen molar-refractivity contribution in [2.45, 2.75) is 56.9 Å². The molecule has 3 aliphatic rings. The van der Waals surface area contributed by atoms with E-state index in [0.717, 1.165) is 32.4 Å². The van der Waals surface area contributed by atoms with Crippen molar-refractivity contribution in [2.75, 3.05) is 18.4 Å². The second-order valence-electron chi connectivity index (χ2n) is 8.61. The summed E-state index contributed by atoms with van der Waals surface area (Å²) in [6, 6.07) is 6.66. The lowest BCUT2D eigenvalue weighted by Gasteiger charge is -2.33. The number of nitrogens with zero attached hydrogens (tertiary/aromatic N) is 3. The Morgan fingerprint density at radius 1 is 1.21 bits per heavy atom. The molecule has 2 aromatic rings. The highest BCUT2D eigenvalue weighted by Crippen LogP contribution is 2.55. The van der Waals surface area contributed by atoms with E-state index in [4.69, 9.17) is 4.42 Å². The molecule has 1 N–H and O–H groups in total. The highest BCUT2D eigenvalue weighted by atomic mass is 19.1. The molecule has 148 valence electrons. The van der Waals surface area contributed by atoms with Crippen LogP contribution in [0.2, 0.25) is 0 Å². The minimum absolute atomic E-state index is 0.0442. The standard InChI is InChI=1S/C21H25FN4O2/c1-13(19(27)26-10-8-21(6-7-21)9-11-26)23-20-25-24-18(28-20)16-12-15(16)14-4-2-3-5-17(14)22/h2-5,13,15-16H,6-12H2,1H3,(H,23,25)/t13-,15+,16-/m0/s1. The van der Waals surface area contributed by atoms with Crippen LogP contribution in [0.1, 0.15) is 62.3 Å². The second kappa shape index (κ2) is 6.57. The molecule has 0 unspecified atom stereocenters. The molecule has 0 bridgehead atoms. The molecule has 0 radical (unpaired) electrons. The molecule has 3 atom stereocenters. The summed E-state index contributed by atoms with van der Waals surface area (Å²) >= 11 is 0. The first kappa shape index (κ1) is 17.6. The van der Waals surface area contributed by atoms with Gasteiger partial charge in [0.05, 0.1) is 0 Å². The number of hydrogen-bond acceptors (Lipinski definition) is 5. The molecule has 1 aromatic heterocycles. The molecule has 1 aromatic carbocycles. The average molecular weight is 384 g/mol. The lowest BCUT2D eigenvalue weighted by Crippen LogP contribution is -2.45. The van der Waals surface area contributed by atoms with Gasteiger partial charge in [0.25, 0.3) is 0 Å². The summed E-state index contributed by atoms with van der Waals surface area (Å²) in [4.78, 5) is 14.6. The van der Waals surface area contributed by atoms with Crippen molar-refractivity contribution in [3.8, 4) is 0 Å². The summed E-state index contributed by atoms with van der Waals surface area (Å²) in [6.45, 7) is 3.51. The first-order valence-corrected chi connectivity index (χ1v) is 10.2. The van der Waals surface area contributed by atoms with E-state index < -0.39 is 6.04 Å². The maximum absolute atomic E-state index is 13.9. The minimum Gasteiger partial charge on any atom is -0.408 e. The number of halogens is 1. The van der Waals surface area contributed by atoms with E-state index >= 15 is 0 Å². The molecule has 1 amide bonds. The Kier molecular flexibility index (Phi) is 4.14. The Balaban J connectivity index is 1.18. The zero-order valence-corrected chi connectivity index (χ0v) is 16.0. The van der Waals surface area contributed by atoms with Gasteiger partial charge in [-0.3, -0.25) is 4.79 Å². The lowest BCUT2D eigenvalue weighted by molar-refractivity contribution is -0.133. The average Bonchev–Trinajstić information content (AvgIpc) is 3.61. The normalized spacial score (nSPS) is 26.1. The van der Waals surface area contributed by atoms with Crippen LogP contribution in [0.3, 0.4) is 0 Å². The van der Waals surface area contributed by atoms with Gasteiger partial charge in [-0.1, -0.05) is 23.3 Å². The molecule has 2 saturated carbocycles. The van der Waals surface area contributed by atoms with Crippen molar-refractivity contribution in [1.82, 2.24) is 15.1 Å². The van der Waals surface area contributed by atoms with Crippen LogP contribution in [0.4, 0.5) is 10.4 Å². The Labute approximate surface area is 163 Å². The molecule has 3 fully saturated rings. The minimum atomic E-state index is -0.414.